The fourth-order valence-corrected chi connectivity index (χ4v) is 3.44. The molecule has 5 heteroatoms. The summed E-state index contributed by atoms with van der Waals surface area (Å²) in [7, 11) is 0. The van der Waals surface area contributed by atoms with Gasteiger partial charge in [-0.2, -0.15) is 0 Å². The Bertz CT molecular complexity index is 1360. The molecule has 0 saturated carbocycles. The summed E-state index contributed by atoms with van der Waals surface area (Å²) in [6.07, 6.45) is 3.43. The number of phenols is 1. The number of rotatable bonds is 5. The number of pyridine rings is 1. The van der Waals surface area contributed by atoms with Crippen LogP contribution in [0.4, 0.5) is 0 Å². The van der Waals surface area contributed by atoms with Crippen LogP contribution in [0.1, 0.15) is 0 Å². The summed E-state index contributed by atoms with van der Waals surface area (Å²) in [6, 6.07) is 30.1. The molecule has 32 heavy (non-hydrogen) atoms. The van der Waals surface area contributed by atoms with Crippen molar-refractivity contribution in [1.82, 2.24) is 15.0 Å². The maximum Gasteiger partial charge on any atom is 0.219 e. The molecule has 154 valence electrons. The molecule has 0 unspecified atom stereocenters. The van der Waals surface area contributed by atoms with E-state index in [1.54, 1.807) is 30.6 Å². The van der Waals surface area contributed by atoms with Crippen LogP contribution in [0.25, 0.3) is 33.8 Å². The third kappa shape index (κ3) is 4.04. The minimum absolute atomic E-state index is 0.156. The molecule has 0 saturated heterocycles. The van der Waals surface area contributed by atoms with E-state index >= 15 is 0 Å². The zero-order valence-electron chi connectivity index (χ0n) is 17.1. The van der Waals surface area contributed by atoms with E-state index in [4.69, 9.17) is 14.7 Å². The number of aromatic nitrogens is 3. The van der Waals surface area contributed by atoms with E-state index in [2.05, 4.69) is 4.98 Å². The highest BCUT2D eigenvalue weighted by Crippen LogP contribution is 2.36. The predicted octanol–water partition coefficient (Wildman–Crippen LogP) is 6.37. The zero-order chi connectivity index (χ0) is 21.8. The van der Waals surface area contributed by atoms with Gasteiger partial charge in [0, 0.05) is 29.0 Å². The van der Waals surface area contributed by atoms with Gasteiger partial charge in [-0.05, 0) is 30.3 Å². The minimum atomic E-state index is 0.156. The van der Waals surface area contributed by atoms with Crippen LogP contribution in [-0.2, 0) is 0 Å². The molecule has 0 spiro atoms. The van der Waals surface area contributed by atoms with Gasteiger partial charge in [0.25, 0.3) is 0 Å². The quantitative estimate of drug-likeness (QED) is 0.360. The molecule has 0 amide bonds. The highest BCUT2D eigenvalue weighted by Gasteiger charge is 2.16. The maximum absolute atomic E-state index is 10.5. The Labute approximate surface area is 185 Å². The zero-order valence-corrected chi connectivity index (χ0v) is 17.1. The lowest BCUT2D eigenvalue weighted by Gasteiger charge is -2.12. The number of phenolic OH excluding ortho intramolecular Hbond substituents is 1. The van der Waals surface area contributed by atoms with Gasteiger partial charge in [0.05, 0.1) is 17.6 Å². The van der Waals surface area contributed by atoms with Gasteiger partial charge < -0.3 is 9.84 Å². The predicted molar refractivity (Wildman–Crippen MR) is 124 cm³/mol. The van der Waals surface area contributed by atoms with Crippen LogP contribution >= 0.6 is 0 Å². The first kappa shape index (κ1) is 19.5. The van der Waals surface area contributed by atoms with Crippen molar-refractivity contribution in [3.8, 4) is 51.2 Å². The number of hydrogen-bond donors (Lipinski definition) is 1. The highest BCUT2D eigenvalue weighted by atomic mass is 16.5. The molecule has 0 atom stereocenters. The Balaban J connectivity index is 1.60. The van der Waals surface area contributed by atoms with Gasteiger partial charge in [-0.3, -0.25) is 4.98 Å². The molecule has 3 aromatic carbocycles. The number of para-hydroxylation sites is 1. The summed E-state index contributed by atoms with van der Waals surface area (Å²) < 4.78 is 5.87. The van der Waals surface area contributed by atoms with Crippen LogP contribution in [0.3, 0.4) is 0 Å². The molecular formula is C27H19N3O2. The van der Waals surface area contributed by atoms with Crippen molar-refractivity contribution in [2.24, 2.45) is 0 Å². The first-order chi connectivity index (χ1) is 15.8. The standard InChI is InChI=1S/C27H19N3O2/c31-24-14-5-4-13-22(24)27-26(19-9-2-1-3-10-19)29-18-23(30-27)20-11-8-12-21(17-20)32-25-15-6-7-16-28-25/h1-18,31H. The lowest BCUT2D eigenvalue weighted by atomic mass is 10.0. The van der Waals surface area contributed by atoms with E-state index in [1.165, 1.54) is 0 Å². The molecule has 0 aliphatic heterocycles. The highest BCUT2D eigenvalue weighted by molar-refractivity contribution is 5.82. The Morgan fingerprint density at radius 3 is 2.25 bits per heavy atom. The molecule has 2 aromatic heterocycles. The number of aromatic hydroxyl groups is 1. The number of benzene rings is 3. The molecule has 0 radical (unpaired) electrons. The fraction of sp³-hybridized carbons (Fsp3) is 0. The molecule has 1 N–H and O–H groups in total. The smallest absolute Gasteiger partial charge is 0.219 e. The van der Waals surface area contributed by atoms with Crippen LogP contribution in [0, 0.1) is 0 Å². The monoisotopic (exact) mass is 417 g/mol. The van der Waals surface area contributed by atoms with Crippen molar-refractivity contribution in [2.45, 2.75) is 0 Å². The van der Waals surface area contributed by atoms with Crippen LogP contribution in [0.2, 0.25) is 0 Å². The molecule has 5 rings (SSSR count). The summed E-state index contributed by atoms with van der Waals surface area (Å²) in [6.45, 7) is 0. The normalized spacial score (nSPS) is 10.6. The van der Waals surface area contributed by atoms with Crippen molar-refractivity contribution in [2.75, 3.05) is 0 Å². The van der Waals surface area contributed by atoms with Gasteiger partial charge in [-0.1, -0.05) is 60.7 Å². The molecule has 5 aromatic rings. The van der Waals surface area contributed by atoms with Crippen molar-refractivity contribution in [3.63, 3.8) is 0 Å². The van der Waals surface area contributed by atoms with Crippen molar-refractivity contribution in [3.05, 3.63) is 109 Å². The topological polar surface area (TPSA) is 68.1 Å². The van der Waals surface area contributed by atoms with Gasteiger partial charge in [0.2, 0.25) is 5.88 Å². The summed E-state index contributed by atoms with van der Waals surface area (Å²) in [5.74, 6) is 1.33. The van der Waals surface area contributed by atoms with Crippen molar-refractivity contribution < 1.29 is 9.84 Å². The van der Waals surface area contributed by atoms with E-state index in [0.29, 0.717) is 34.3 Å². The van der Waals surface area contributed by atoms with E-state index in [9.17, 15) is 5.11 Å². The first-order valence-electron chi connectivity index (χ1n) is 10.2. The van der Waals surface area contributed by atoms with Crippen molar-refractivity contribution >= 4 is 0 Å². The van der Waals surface area contributed by atoms with Gasteiger partial charge in [0.1, 0.15) is 17.2 Å². The molecule has 0 fully saturated rings. The Morgan fingerprint density at radius 1 is 0.656 bits per heavy atom. The Morgan fingerprint density at radius 2 is 1.44 bits per heavy atom. The van der Waals surface area contributed by atoms with Crippen molar-refractivity contribution in [1.29, 1.82) is 0 Å². The number of nitrogens with zero attached hydrogens (tertiary/aromatic N) is 3. The molecule has 0 aliphatic carbocycles. The fourth-order valence-electron chi connectivity index (χ4n) is 3.44. The van der Waals surface area contributed by atoms with Gasteiger partial charge in [0.15, 0.2) is 0 Å². The summed E-state index contributed by atoms with van der Waals surface area (Å²) >= 11 is 0. The lowest BCUT2D eigenvalue weighted by Crippen LogP contribution is -1.96. The molecular weight excluding hydrogens is 398 g/mol. The Hall–Kier alpha value is -4.51. The Kier molecular flexibility index (Phi) is 5.29. The van der Waals surface area contributed by atoms with Crippen LogP contribution in [-0.4, -0.2) is 20.1 Å². The molecule has 0 bridgehead atoms. The second-order valence-electron chi connectivity index (χ2n) is 7.13. The van der Waals surface area contributed by atoms with Gasteiger partial charge in [-0.15, -0.1) is 0 Å². The number of hydrogen-bond acceptors (Lipinski definition) is 5. The average molecular weight is 417 g/mol. The molecule has 5 nitrogen and oxygen atoms in total. The largest absolute Gasteiger partial charge is 0.507 e. The minimum Gasteiger partial charge on any atom is -0.507 e. The summed E-state index contributed by atoms with van der Waals surface area (Å²) in [5.41, 5.74) is 4.40. The van der Waals surface area contributed by atoms with E-state index in [0.717, 1.165) is 11.1 Å². The SMILES string of the molecule is Oc1ccccc1-c1nc(-c2cccc(Oc3ccccn3)c2)cnc1-c1ccccc1. The van der Waals surface area contributed by atoms with Crippen LogP contribution in [0.15, 0.2) is 109 Å². The summed E-state index contributed by atoms with van der Waals surface area (Å²) in [4.78, 5) is 13.8. The third-order valence-electron chi connectivity index (χ3n) is 4.97. The van der Waals surface area contributed by atoms with Crippen LogP contribution in [0.5, 0.6) is 17.4 Å². The second kappa shape index (κ2) is 8.70. The summed E-state index contributed by atoms with van der Waals surface area (Å²) in [5, 5.41) is 10.5. The molecule has 2 heterocycles. The van der Waals surface area contributed by atoms with Crippen LogP contribution < -0.4 is 4.74 Å². The van der Waals surface area contributed by atoms with Gasteiger partial charge in [-0.25, -0.2) is 9.97 Å². The maximum atomic E-state index is 10.5. The number of ether oxygens (including phenoxy) is 1. The van der Waals surface area contributed by atoms with E-state index in [-0.39, 0.29) is 5.75 Å². The van der Waals surface area contributed by atoms with E-state index in [1.807, 2.05) is 78.9 Å². The first-order valence-corrected chi connectivity index (χ1v) is 10.2. The average Bonchev–Trinajstić information content (AvgIpc) is 2.85. The second-order valence-corrected chi connectivity index (χ2v) is 7.13. The van der Waals surface area contributed by atoms with E-state index < -0.39 is 0 Å². The lowest BCUT2D eigenvalue weighted by molar-refractivity contribution is 0.463. The van der Waals surface area contributed by atoms with Gasteiger partial charge >= 0.3 is 0 Å². The third-order valence-corrected chi connectivity index (χ3v) is 4.97. The molecule has 0 aliphatic rings.